The monoisotopic (exact) mass is 468 g/mol. The van der Waals surface area contributed by atoms with Crippen LogP contribution in [0, 0.1) is 11.7 Å². The van der Waals surface area contributed by atoms with Crippen molar-refractivity contribution in [1.29, 1.82) is 0 Å². The third kappa shape index (κ3) is 5.43. The highest BCUT2D eigenvalue weighted by atomic mass is 19.1. The van der Waals surface area contributed by atoms with Crippen LogP contribution in [-0.4, -0.2) is 66.8 Å². The first-order valence-electron chi connectivity index (χ1n) is 11.3. The molecule has 2 heterocycles. The van der Waals surface area contributed by atoms with E-state index >= 15 is 0 Å². The first kappa shape index (κ1) is 23.8. The Balaban J connectivity index is 1.72. The molecule has 0 radical (unpaired) electrons. The van der Waals surface area contributed by atoms with Crippen LogP contribution in [0.25, 0.3) is 11.0 Å². The number of methoxy groups -OCH3 is 2. The van der Waals surface area contributed by atoms with E-state index < -0.39 is 0 Å². The molecule has 1 N–H and O–H groups in total. The number of aromatic nitrogens is 2. The maximum atomic E-state index is 13.7. The van der Waals surface area contributed by atoms with Gasteiger partial charge in [-0.1, -0.05) is 12.1 Å². The molecule has 0 unspecified atom stereocenters. The van der Waals surface area contributed by atoms with Crippen LogP contribution in [0.5, 0.6) is 0 Å². The Labute approximate surface area is 197 Å². The molecule has 4 rings (SSSR count). The molecule has 2 amide bonds. The fourth-order valence-corrected chi connectivity index (χ4v) is 4.47. The lowest BCUT2D eigenvalue weighted by Gasteiger charge is -2.32. The second-order valence-corrected chi connectivity index (χ2v) is 8.59. The quantitative estimate of drug-likeness (QED) is 0.548. The van der Waals surface area contributed by atoms with Gasteiger partial charge in [-0.2, -0.15) is 0 Å². The highest BCUT2D eigenvalue weighted by Gasteiger charge is 2.27. The summed E-state index contributed by atoms with van der Waals surface area (Å²) in [5.74, 6) is -0.451. The normalized spacial score (nSPS) is 16.1. The van der Waals surface area contributed by atoms with Gasteiger partial charge in [-0.15, -0.1) is 0 Å². The van der Waals surface area contributed by atoms with E-state index in [4.69, 9.17) is 9.47 Å². The van der Waals surface area contributed by atoms with E-state index in [1.54, 1.807) is 37.7 Å². The van der Waals surface area contributed by atoms with Crippen LogP contribution in [0.3, 0.4) is 0 Å². The summed E-state index contributed by atoms with van der Waals surface area (Å²) >= 11 is 0. The summed E-state index contributed by atoms with van der Waals surface area (Å²) in [6.45, 7) is 2.21. The molecule has 1 aliphatic rings. The largest absolute Gasteiger partial charge is 0.384 e. The number of ether oxygens (including phenoxy) is 2. The molecule has 1 saturated heterocycles. The zero-order chi connectivity index (χ0) is 24.1. The number of halogens is 1. The smallest absolute Gasteiger partial charge is 0.256 e. The van der Waals surface area contributed by atoms with E-state index in [1.807, 2.05) is 9.47 Å². The summed E-state index contributed by atoms with van der Waals surface area (Å²) in [6, 6.07) is 9.68. The van der Waals surface area contributed by atoms with Gasteiger partial charge in [-0.3, -0.25) is 9.59 Å². The topological polar surface area (TPSA) is 85.7 Å². The van der Waals surface area contributed by atoms with E-state index in [0.29, 0.717) is 48.5 Å². The number of rotatable bonds is 8. The van der Waals surface area contributed by atoms with Gasteiger partial charge in [0.1, 0.15) is 12.4 Å². The average molecular weight is 469 g/mol. The molecular weight excluding hydrogens is 439 g/mol. The molecular formula is C25H29FN4O4. The molecule has 1 aromatic heterocycles. The summed E-state index contributed by atoms with van der Waals surface area (Å²) in [4.78, 5) is 32.2. The van der Waals surface area contributed by atoms with Crippen LogP contribution in [0.4, 0.5) is 10.1 Å². The van der Waals surface area contributed by atoms with Crippen LogP contribution in [-0.2, 0) is 20.8 Å². The zero-order valence-electron chi connectivity index (χ0n) is 19.4. The maximum Gasteiger partial charge on any atom is 0.256 e. The predicted molar refractivity (Wildman–Crippen MR) is 126 cm³/mol. The summed E-state index contributed by atoms with van der Waals surface area (Å²) < 4.78 is 25.5. The van der Waals surface area contributed by atoms with Gasteiger partial charge < -0.3 is 24.3 Å². The van der Waals surface area contributed by atoms with Gasteiger partial charge >= 0.3 is 0 Å². The number of carbonyl (C=O) groups is 2. The van der Waals surface area contributed by atoms with E-state index in [1.165, 1.54) is 19.2 Å². The van der Waals surface area contributed by atoms with Crippen molar-refractivity contribution in [2.75, 3.05) is 45.8 Å². The summed E-state index contributed by atoms with van der Waals surface area (Å²) in [5.41, 5.74) is 3.09. The van der Waals surface area contributed by atoms with E-state index in [0.717, 1.165) is 18.4 Å². The minimum absolute atomic E-state index is 0.0921. The molecule has 0 aliphatic carbocycles. The van der Waals surface area contributed by atoms with Gasteiger partial charge in [0, 0.05) is 39.5 Å². The molecule has 2 aromatic carbocycles. The minimum atomic E-state index is -0.316. The molecule has 180 valence electrons. The number of hydrogen-bond donors (Lipinski definition) is 1. The number of carbonyl (C=O) groups excluding carboxylic acids is 2. The second kappa shape index (κ2) is 10.8. The lowest BCUT2D eigenvalue weighted by Crippen LogP contribution is -2.41. The Kier molecular flexibility index (Phi) is 7.54. The maximum absolute atomic E-state index is 13.7. The van der Waals surface area contributed by atoms with E-state index in [2.05, 4.69) is 10.3 Å². The number of nitrogens with one attached hydrogen (secondary N) is 1. The fourth-order valence-electron chi connectivity index (χ4n) is 4.47. The number of imidazole rings is 1. The number of piperidine rings is 1. The van der Waals surface area contributed by atoms with Gasteiger partial charge in [-0.25, -0.2) is 9.37 Å². The Morgan fingerprint density at radius 2 is 1.97 bits per heavy atom. The molecule has 0 saturated carbocycles. The summed E-state index contributed by atoms with van der Waals surface area (Å²) in [6.07, 6.45) is 3.58. The Morgan fingerprint density at radius 3 is 2.71 bits per heavy atom. The number of likely N-dealkylation sites (tertiary alicyclic amines) is 1. The predicted octanol–water partition coefficient (Wildman–Crippen LogP) is 3.31. The first-order valence-corrected chi connectivity index (χ1v) is 11.3. The average Bonchev–Trinajstić information content (AvgIpc) is 3.22. The van der Waals surface area contributed by atoms with Crippen LogP contribution in [0.15, 0.2) is 42.7 Å². The SMILES string of the molecule is COCC(=O)Nc1cc(C(=O)N2CCC[C@H](COC)C2)c2c(c1)ncn2Cc1ccc(F)cc1. The number of fused-ring (bicyclic) bond motifs is 1. The van der Waals surface area contributed by atoms with Gasteiger partial charge in [0.15, 0.2) is 0 Å². The molecule has 1 atom stereocenters. The number of anilines is 1. The minimum Gasteiger partial charge on any atom is -0.384 e. The number of nitrogens with zero attached hydrogens (tertiary/aromatic N) is 3. The summed E-state index contributed by atoms with van der Waals surface area (Å²) in [7, 11) is 3.12. The van der Waals surface area contributed by atoms with Crippen molar-refractivity contribution in [3.8, 4) is 0 Å². The Morgan fingerprint density at radius 1 is 1.18 bits per heavy atom. The number of amides is 2. The second-order valence-electron chi connectivity index (χ2n) is 8.59. The van der Waals surface area contributed by atoms with Crippen molar-refractivity contribution >= 4 is 28.5 Å². The Hall–Kier alpha value is -3.30. The van der Waals surface area contributed by atoms with Crippen molar-refractivity contribution in [2.24, 2.45) is 5.92 Å². The lowest BCUT2D eigenvalue weighted by atomic mass is 9.98. The molecule has 9 heteroatoms. The van der Waals surface area contributed by atoms with Crippen LogP contribution >= 0.6 is 0 Å². The van der Waals surface area contributed by atoms with Crippen LogP contribution in [0.2, 0.25) is 0 Å². The van der Waals surface area contributed by atoms with E-state index in [-0.39, 0.29) is 30.2 Å². The number of hydrogen-bond acceptors (Lipinski definition) is 5. The van der Waals surface area contributed by atoms with E-state index in [9.17, 15) is 14.0 Å². The highest BCUT2D eigenvalue weighted by molar-refractivity contribution is 6.07. The standard InChI is InChI=1S/C25H29FN4O4/c1-33-14-18-4-3-9-29(13-18)25(32)21-10-20(28-23(31)15-34-2)11-22-24(21)30(16-27-22)12-17-5-7-19(26)8-6-17/h5-8,10-11,16,18H,3-4,9,12-15H2,1-2H3,(H,28,31)/t18-/m0/s1. The Bertz CT molecular complexity index is 1160. The highest BCUT2D eigenvalue weighted by Crippen LogP contribution is 2.28. The molecule has 1 fully saturated rings. The third-order valence-corrected chi connectivity index (χ3v) is 5.98. The third-order valence-electron chi connectivity index (χ3n) is 5.98. The summed E-state index contributed by atoms with van der Waals surface area (Å²) in [5, 5.41) is 2.78. The van der Waals surface area contributed by atoms with Gasteiger partial charge in [0.2, 0.25) is 5.91 Å². The lowest BCUT2D eigenvalue weighted by molar-refractivity contribution is -0.119. The van der Waals surface area contributed by atoms with Gasteiger partial charge in [0.25, 0.3) is 5.91 Å². The number of benzene rings is 2. The van der Waals surface area contributed by atoms with Crippen LogP contribution in [0.1, 0.15) is 28.8 Å². The van der Waals surface area contributed by atoms with Crippen molar-refractivity contribution in [2.45, 2.75) is 19.4 Å². The van der Waals surface area contributed by atoms with Crippen molar-refractivity contribution < 1.29 is 23.5 Å². The molecule has 8 nitrogen and oxygen atoms in total. The van der Waals surface area contributed by atoms with Gasteiger partial charge in [-0.05, 0) is 48.6 Å². The van der Waals surface area contributed by atoms with Crippen molar-refractivity contribution in [3.63, 3.8) is 0 Å². The molecule has 34 heavy (non-hydrogen) atoms. The van der Waals surface area contributed by atoms with Crippen LogP contribution < -0.4 is 5.32 Å². The zero-order valence-corrected chi connectivity index (χ0v) is 19.4. The molecule has 3 aromatic rings. The van der Waals surface area contributed by atoms with Crippen molar-refractivity contribution in [3.05, 3.63) is 59.7 Å². The fraction of sp³-hybridized carbons (Fsp3) is 0.400. The first-order chi connectivity index (χ1) is 16.5. The van der Waals surface area contributed by atoms with Gasteiger partial charge in [0.05, 0.1) is 29.5 Å². The molecule has 1 aliphatic heterocycles. The van der Waals surface area contributed by atoms with Crippen molar-refractivity contribution in [1.82, 2.24) is 14.5 Å². The molecule has 0 spiro atoms. The molecule has 0 bridgehead atoms.